The molecular formula is C22H31BrFNO4. The van der Waals surface area contributed by atoms with Crippen LogP contribution < -0.4 is 0 Å². The van der Waals surface area contributed by atoms with Gasteiger partial charge in [0.1, 0.15) is 17.0 Å². The highest BCUT2D eigenvalue weighted by atomic mass is 79.9. The molecule has 1 aromatic rings. The van der Waals surface area contributed by atoms with Gasteiger partial charge in [0.25, 0.3) is 0 Å². The maximum atomic E-state index is 14.4. The van der Waals surface area contributed by atoms with Crippen LogP contribution in [0.5, 0.6) is 0 Å². The Hall–Kier alpha value is -1.63. The third-order valence-electron chi connectivity index (χ3n) is 4.60. The van der Waals surface area contributed by atoms with Crippen LogP contribution in [0, 0.1) is 17.7 Å². The van der Waals surface area contributed by atoms with E-state index in [9.17, 15) is 14.0 Å². The van der Waals surface area contributed by atoms with Gasteiger partial charge in [-0.3, -0.25) is 4.79 Å². The number of ether oxygens (including phenoxy) is 2. The second kappa shape index (κ2) is 9.02. The van der Waals surface area contributed by atoms with Crippen molar-refractivity contribution < 1.29 is 23.5 Å². The summed E-state index contributed by atoms with van der Waals surface area (Å²) in [5, 5.41) is 0. The molecule has 29 heavy (non-hydrogen) atoms. The lowest BCUT2D eigenvalue weighted by atomic mass is 9.85. The first-order chi connectivity index (χ1) is 13.2. The van der Waals surface area contributed by atoms with Gasteiger partial charge in [-0.2, -0.15) is 0 Å². The van der Waals surface area contributed by atoms with Crippen LogP contribution in [0.2, 0.25) is 0 Å². The minimum absolute atomic E-state index is 0.129. The zero-order valence-corrected chi connectivity index (χ0v) is 19.6. The molecule has 1 aromatic carbocycles. The molecule has 0 aromatic heterocycles. The first kappa shape index (κ1) is 23.6. The minimum atomic E-state index is -0.644. The molecule has 1 saturated heterocycles. The van der Waals surface area contributed by atoms with Crippen molar-refractivity contribution in [3.8, 4) is 0 Å². The summed E-state index contributed by atoms with van der Waals surface area (Å²) in [7, 11) is 0. The molecule has 1 fully saturated rings. The van der Waals surface area contributed by atoms with Gasteiger partial charge in [0, 0.05) is 17.6 Å². The van der Waals surface area contributed by atoms with Crippen LogP contribution in [-0.2, 0) is 20.7 Å². The van der Waals surface area contributed by atoms with E-state index in [-0.39, 0.29) is 24.1 Å². The van der Waals surface area contributed by atoms with Crippen molar-refractivity contribution in [2.24, 2.45) is 11.8 Å². The number of halogens is 2. The van der Waals surface area contributed by atoms with Crippen molar-refractivity contribution in [1.29, 1.82) is 0 Å². The first-order valence-corrected chi connectivity index (χ1v) is 10.7. The third kappa shape index (κ3) is 7.28. The van der Waals surface area contributed by atoms with E-state index in [0.717, 1.165) is 4.47 Å². The molecule has 1 aliphatic rings. The summed E-state index contributed by atoms with van der Waals surface area (Å²) in [5.74, 6) is -1.40. The van der Waals surface area contributed by atoms with Crippen LogP contribution in [-0.4, -0.2) is 41.3 Å². The molecule has 1 amide bonds. The van der Waals surface area contributed by atoms with Gasteiger partial charge in [-0.15, -0.1) is 0 Å². The van der Waals surface area contributed by atoms with Gasteiger partial charge in [0.05, 0.1) is 5.92 Å². The van der Waals surface area contributed by atoms with Crippen molar-refractivity contribution >= 4 is 28.0 Å². The van der Waals surface area contributed by atoms with E-state index in [0.29, 0.717) is 25.1 Å². The van der Waals surface area contributed by atoms with Crippen molar-refractivity contribution in [2.45, 2.75) is 65.6 Å². The molecule has 0 N–H and O–H groups in total. The summed E-state index contributed by atoms with van der Waals surface area (Å²) in [4.78, 5) is 27.0. The van der Waals surface area contributed by atoms with Crippen LogP contribution >= 0.6 is 15.9 Å². The van der Waals surface area contributed by atoms with Crippen LogP contribution in [0.15, 0.2) is 22.7 Å². The SMILES string of the molecule is CC(C)(C)OC(=O)[C@@H](Cc1cc(Br)ccc1F)[C@H]1CCN(C(=O)OC(C)(C)C)C1. The highest BCUT2D eigenvalue weighted by Gasteiger charge is 2.39. The van der Waals surface area contributed by atoms with Gasteiger partial charge in [0.15, 0.2) is 0 Å². The number of esters is 1. The van der Waals surface area contributed by atoms with Gasteiger partial charge in [0.2, 0.25) is 0 Å². The first-order valence-electron chi connectivity index (χ1n) is 9.90. The van der Waals surface area contributed by atoms with Gasteiger partial charge in [-0.1, -0.05) is 15.9 Å². The van der Waals surface area contributed by atoms with E-state index in [1.54, 1.807) is 17.0 Å². The molecule has 0 bridgehead atoms. The maximum Gasteiger partial charge on any atom is 0.410 e. The lowest BCUT2D eigenvalue weighted by Gasteiger charge is -2.28. The van der Waals surface area contributed by atoms with Crippen LogP contribution in [0.1, 0.15) is 53.5 Å². The Morgan fingerprint density at radius 3 is 2.38 bits per heavy atom. The fourth-order valence-electron chi connectivity index (χ4n) is 3.36. The number of hydrogen-bond donors (Lipinski definition) is 0. The number of benzene rings is 1. The molecule has 0 saturated carbocycles. The van der Waals surface area contributed by atoms with E-state index >= 15 is 0 Å². The van der Waals surface area contributed by atoms with Crippen LogP contribution in [0.3, 0.4) is 0 Å². The largest absolute Gasteiger partial charge is 0.460 e. The van der Waals surface area contributed by atoms with E-state index in [1.165, 1.54) is 6.07 Å². The number of nitrogens with zero attached hydrogens (tertiary/aromatic N) is 1. The number of carbonyl (C=O) groups is 2. The Morgan fingerprint density at radius 1 is 1.17 bits per heavy atom. The van der Waals surface area contributed by atoms with E-state index < -0.39 is 23.2 Å². The summed E-state index contributed by atoms with van der Waals surface area (Å²) in [5.41, 5.74) is -0.778. The van der Waals surface area contributed by atoms with E-state index in [1.807, 2.05) is 41.5 Å². The van der Waals surface area contributed by atoms with Crippen molar-refractivity contribution in [3.05, 3.63) is 34.1 Å². The summed E-state index contributed by atoms with van der Waals surface area (Å²) >= 11 is 3.36. The molecular weight excluding hydrogens is 441 g/mol. The van der Waals surface area contributed by atoms with E-state index in [4.69, 9.17) is 9.47 Å². The average Bonchev–Trinajstić information content (AvgIpc) is 3.02. The Morgan fingerprint density at radius 2 is 1.79 bits per heavy atom. The lowest BCUT2D eigenvalue weighted by Crippen LogP contribution is -2.38. The fourth-order valence-corrected chi connectivity index (χ4v) is 3.77. The predicted octanol–water partition coefficient (Wildman–Crippen LogP) is 5.35. The quantitative estimate of drug-likeness (QED) is 0.555. The van der Waals surface area contributed by atoms with Gasteiger partial charge in [-0.25, -0.2) is 9.18 Å². The highest BCUT2D eigenvalue weighted by molar-refractivity contribution is 9.10. The zero-order valence-electron chi connectivity index (χ0n) is 18.1. The maximum absolute atomic E-state index is 14.4. The molecule has 1 aliphatic heterocycles. The number of hydrogen-bond acceptors (Lipinski definition) is 4. The van der Waals surface area contributed by atoms with Crippen molar-refractivity contribution in [3.63, 3.8) is 0 Å². The van der Waals surface area contributed by atoms with Crippen LogP contribution in [0.25, 0.3) is 0 Å². The van der Waals surface area contributed by atoms with Gasteiger partial charge < -0.3 is 14.4 Å². The Bertz CT molecular complexity index is 754. The number of rotatable bonds is 4. The molecule has 7 heteroatoms. The zero-order chi connectivity index (χ0) is 22.0. The molecule has 0 aliphatic carbocycles. The smallest absolute Gasteiger partial charge is 0.410 e. The second-order valence-corrected chi connectivity index (χ2v) is 10.5. The summed E-state index contributed by atoms with van der Waals surface area (Å²) in [6.45, 7) is 11.8. The molecule has 0 radical (unpaired) electrons. The molecule has 5 nitrogen and oxygen atoms in total. The second-order valence-electron chi connectivity index (χ2n) is 9.55. The molecule has 0 spiro atoms. The topological polar surface area (TPSA) is 55.8 Å². The number of likely N-dealkylation sites (tertiary alicyclic amines) is 1. The summed E-state index contributed by atoms with van der Waals surface area (Å²) in [6.07, 6.45) is 0.461. The van der Waals surface area contributed by atoms with E-state index in [2.05, 4.69) is 15.9 Å². The number of carbonyl (C=O) groups excluding carboxylic acids is 2. The Labute approximate surface area is 181 Å². The lowest BCUT2D eigenvalue weighted by molar-refractivity contribution is -0.162. The normalized spacial score (nSPS) is 18.5. The molecule has 2 atom stereocenters. The monoisotopic (exact) mass is 471 g/mol. The Balaban J connectivity index is 2.20. The number of amides is 1. The van der Waals surface area contributed by atoms with Crippen LogP contribution in [0.4, 0.5) is 9.18 Å². The molecule has 2 rings (SSSR count). The molecule has 162 valence electrons. The molecule has 0 unspecified atom stereocenters. The standard InChI is InChI=1S/C22H31BrFNO4/c1-21(2,3)28-19(26)17(12-15-11-16(23)7-8-18(15)24)14-9-10-25(13-14)20(27)29-22(4,5)6/h7-8,11,14,17H,9-10,12-13H2,1-6H3/t14-,17-/m0/s1. The average molecular weight is 472 g/mol. The predicted molar refractivity (Wildman–Crippen MR) is 113 cm³/mol. The van der Waals surface area contributed by atoms with Crippen molar-refractivity contribution in [2.75, 3.05) is 13.1 Å². The van der Waals surface area contributed by atoms with Gasteiger partial charge >= 0.3 is 12.1 Å². The van der Waals surface area contributed by atoms with Gasteiger partial charge in [-0.05, 0) is 84.1 Å². The summed E-state index contributed by atoms with van der Waals surface area (Å²) in [6, 6.07) is 4.70. The molecule has 1 heterocycles. The fraction of sp³-hybridized carbons (Fsp3) is 0.636. The minimum Gasteiger partial charge on any atom is -0.460 e. The summed E-state index contributed by atoms with van der Waals surface area (Å²) < 4.78 is 26.2. The van der Waals surface area contributed by atoms with Crippen molar-refractivity contribution in [1.82, 2.24) is 4.90 Å². The Kier molecular flexibility index (Phi) is 7.36. The third-order valence-corrected chi connectivity index (χ3v) is 5.10. The highest BCUT2D eigenvalue weighted by Crippen LogP contribution is 2.31.